The van der Waals surface area contributed by atoms with Crippen molar-refractivity contribution in [2.24, 2.45) is 23.6 Å². The third-order valence-corrected chi connectivity index (χ3v) is 5.10. The molecule has 0 radical (unpaired) electrons. The standard InChI is InChI=1S/C16H20N2O/c1-9-4-2-5-10-8-13(19-16(9)10)15(18-17)14-11-6-3-7-12(11)14/h2,4-5,8,11-12,14-15,18H,3,6-7,17H2,1H3. The summed E-state index contributed by atoms with van der Waals surface area (Å²) in [4.78, 5) is 0. The summed E-state index contributed by atoms with van der Waals surface area (Å²) in [6.07, 6.45) is 4.13. The van der Waals surface area contributed by atoms with E-state index in [0.29, 0.717) is 5.92 Å². The minimum atomic E-state index is 0.182. The molecule has 3 nitrogen and oxygen atoms in total. The van der Waals surface area contributed by atoms with E-state index in [2.05, 4.69) is 36.6 Å². The Morgan fingerprint density at radius 1 is 1.32 bits per heavy atom. The Bertz CT molecular complexity index is 608. The highest BCUT2D eigenvalue weighted by Crippen LogP contribution is 2.62. The quantitative estimate of drug-likeness (QED) is 0.654. The van der Waals surface area contributed by atoms with E-state index in [4.69, 9.17) is 10.3 Å². The van der Waals surface area contributed by atoms with Crippen LogP contribution in [0.2, 0.25) is 0 Å². The van der Waals surface area contributed by atoms with Crippen LogP contribution in [0.5, 0.6) is 0 Å². The molecule has 0 amide bonds. The summed E-state index contributed by atoms with van der Waals surface area (Å²) in [6, 6.07) is 8.61. The van der Waals surface area contributed by atoms with Crippen molar-refractivity contribution in [1.82, 2.24) is 5.43 Å². The van der Waals surface area contributed by atoms with Gasteiger partial charge in [0.1, 0.15) is 11.3 Å². The number of aryl methyl sites for hydroxylation is 1. The first-order valence-electron chi connectivity index (χ1n) is 7.25. The minimum absolute atomic E-state index is 0.182. The second-order valence-electron chi connectivity index (χ2n) is 6.12. The highest BCUT2D eigenvalue weighted by Gasteiger charge is 2.56. The molecule has 1 aromatic carbocycles. The zero-order valence-corrected chi connectivity index (χ0v) is 11.2. The average molecular weight is 256 g/mol. The molecule has 0 saturated heterocycles. The average Bonchev–Trinajstić information content (AvgIpc) is 2.84. The van der Waals surface area contributed by atoms with Crippen LogP contribution in [0, 0.1) is 24.7 Å². The molecule has 3 unspecified atom stereocenters. The number of furan rings is 1. The van der Waals surface area contributed by atoms with Crippen LogP contribution >= 0.6 is 0 Å². The smallest absolute Gasteiger partial charge is 0.137 e. The molecule has 0 bridgehead atoms. The van der Waals surface area contributed by atoms with Gasteiger partial charge in [0.05, 0.1) is 6.04 Å². The van der Waals surface area contributed by atoms with E-state index in [1.54, 1.807) is 0 Å². The van der Waals surface area contributed by atoms with Gasteiger partial charge < -0.3 is 4.42 Å². The van der Waals surface area contributed by atoms with E-state index in [1.165, 1.54) is 30.2 Å². The Kier molecular flexibility index (Phi) is 2.47. The van der Waals surface area contributed by atoms with Gasteiger partial charge in [-0.2, -0.15) is 0 Å². The van der Waals surface area contributed by atoms with Crippen molar-refractivity contribution in [3.8, 4) is 0 Å². The number of para-hydroxylation sites is 1. The third kappa shape index (κ3) is 1.65. The SMILES string of the molecule is Cc1cccc2cc(C(NN)C3C4CCCC43)oc12. The van der Waals surface area contributed by atoms with Gasteiger partial charge in [-0.05, 0) is 49.1 Å². The van der Waals surface area contributed by atoms with Gasteiger partial charge in [0.25, 0.3) is 0 Å². The summed E-state index contributed by atoms with van der Waals surface area (Å²) >= 11 is 0. The van der Waals surface area contributed by atoms with Gasteiger partial charge in [0.2, 0.25) is 0 Å². The molecule has 2 saturated carbocycles. The summed E-state index contributed by atoms with van der Waals surface area (Å²) in [6.45, 7) is 2.09. The van der Waals surface area contributed by atoms with Gasteiger partial charge in [-0.25, -0.2) is 5.43 Å². The molecule has 1 heterocycles. The van der Waals surface area contributed by atoms with Gasteiger partial charge >= 0.3 is 0 Å². The number of fused-ring (bicyclic) bond motifs is 2. The Hall–Kier alpha value is -1.32. The molecular formula is C16H20N2O. The molecule has 2 fully saturated rings. The van der Waals surface area contributed by atoms with E-state index in [9.17, 15) is 0 Å². The number of rotatable bonds is 3. The molecule has 3 atom stereocenters. The maximum Gasteiger partial charge on any atom is 0.137 e. The number of hydrogen-bond donors (Lipinski definition) is 2. The van der Waals surface area contributed by atoms with Crippen LogP contribution in [0.3, 0.4) is 0 Å². The monoisotopic (exact) mass is 256 g/mol. The molecule has 3 heteroatoms. The van der Waals surface area contributed by atoms with Gasteiger partial charge in [-0.3, -0.25) is 5.84 Å². The molecule has 100 valence electrons. The summed E-state index contributed by atoms with van der Waals surface area (Å²) in [7, 11) is 0. The summed E-state index contributed by atoms with van der Waals surface area (Å²) in [5.41, 5.74) is 5.19. The number of benzene rings is 1. The van der Waals surface area contributed by atoms with E-state index in [0.717, 1.165) is 23.2 Å². The molecule has 1 aromatic heterocycles. The van der Waals surface area contributed by atoms with E-state index < -0.39 is 0 Å². The minimum Gasteiger partial charge on any atom is -0.459 e. The Balaban J connectivity index is 1.70. The lowest BCUT2D eigenvalue weighted by atomic mass is 10.0. The first kappa shape index (κ1) is 11.5. The molecule has 0 spiro atoms. The maximum absolute atomic E-state index is 6.08. The molecular weight excluding hydrogens is 236 g/mol. The summed E-state index contributed by atoms with van der Waals surface area (Å²) in [5.74, 6) is 9.23. The summed E-state index contributed by atoms with van der Waals surface area (Å²) in [5, 5.41) is 1.18. The van der Waals surface area contributed by atoms with Crippen LogP contribution in [0.1, 0.15) is 36.6 Å². The zero-order chi connectivity index (χ0) is 13.0. The molecule has 4 rings (SSSR count). The van der Waals surface area contributed by atoms with Crippen molar-refractivity contribution in [1.29, 1.82) is 0 Å². The van der Waals surface area contributed by atoms with Gasteiger partial charge in [-0.15, -0.1) is 0 Å². The lowest BCUT2D eigenvalue weighted by Gasteiger charge is -2.15. The van der Waals surface area contributed by atoms with Crippen LogP contribution in [0.25, 0.3) is 11.0 Å². The largest absolute Gasteiger partial charge is 0.459 e. The van der Waals surface area contributed by atoms with Crippen molar-refractivity contribution in [3.63, 3.8) is 0 Å². The van der Waals surface area contributed by atoms with E-state index >= 15 is 0 Å². The fraction of sp³-hybridized carbons (Fsp3) is 0.500. The second kappa shape index (κ2) is 4.09. The fourth-order valence-electron chi connectivity index (χ4n) is 4.14. The Morgan fingerprint density at radius 3 is 2.79 bits per heavy atom. The van der Waals surface area contributed by atoms with Crippen LogP contribution < -0.4 is 11.3 Å². The van der Waals surface area contributed by atoms with Crippen molar-refractivity contribution in [2.75, 3.05) is 0 Å². The highest BCUT2D eigenvalue weighted by atomic mass is 16.3. The van der Waals surface area contributed by atoms with Crippen LogP contribution in [-0.4, -0.2) is 0 Å². The van der Waals surface area contributed by atoms with E-state index in [-0.39, 0.29) is 6.04 Å². The molecule has 2 aromatic rings. The van der Waals surface area contributed by atoms with Gasteiger partial charge in [-0.1, -0.05) is 24.6 Å². The van der Waals surface area contributed by atoms with Crippen LogP contribution in [0.4, 0.5) is 0 Å². The summed E-state index contributed by atoms with van der Waals surface area (Å²) < 4.78 is 6.08. The highest BCUT2D eigenvalue weighted by molar-refractivity contribution is 5.81. The first-order chi connectivity index (χ1) is 9.29. The second-order valence-corrected chi connectivity index (χ2v) is 6.12. The number of nitrogens with one attached hydrogen (secondary N) is 1. The lowest BCUT2D eigenvalue weighted by molar-refractivity contribution is 0.363. The third-order valence-electron chi connectivity index (χ3n) is 5.10. The predicted molar refractivity (Wildman–Crippen MR) is 75.3 cm³/mol. The van der Waals surface area contributed by atoms with Crippen LogP contribution in [0.15, 0.2) is 28.7 Å². The first-order valence-corrected chi connectivity index (χ1v) is 7.25. The molecule has 0 aliphatic heterocycles. The predicted octanol–water partition coefficient (Wildman–Crippen LogP) is 3.29. The van der Waals surface area contributed by atoms with Gasteiger partial charge in [0.15, 0.2) is 0 Å². The Morgan fingerprint density at radius 2 is 2.11 bits per heavy atom. The fourth-order valence-corrected chi connectivity index (χ4v) is 4.14. The Labute approximate surface area is 113 Å². The van der Waals surface area contributed by atoms with Crippen molar-refractivity contribution >= 4 is 11.0 Å². The zero-order valence-electron chi connectivity index (χ0n) is 11.2. The van der Waals surface area contributed by atoms with Crippen LogP contribution in [-0.2, 0) is 0 Å². The van der Waals surface area contributed by atoms with Crippen molar-refractivity contribution in [2.45, 2.75) is 32.2 Å². The van der Waals surface area contributed by atoms with Crippen molar-refractivity contribution in [3.05, 3.63) is 35.6 Å². The van der Waals surface area contributed by atoms with Crippen molar-refractivity contribution < 1.29 is 4.42 Å². The maximum atomic E-state index is 6.08. The molecule has 19 heavy (non-hydrogen) atoms. The topological polar surface area (TPSA) is 51.2 Å². The normalized spacial score (nSPS) is 30.5. The van der Waals surface area contributed by atoms with E-state index in [1.807, 2.05) is 0 Å². The van der Waals surface area contributed by atoms with Gasteiger partial charge in [0, 0.05) is 5.39 Å². The number of hydrogen-bond acceptors (Lipinski definition) is 3. The molecule has 3 N–H and O–H groups in total. The number of hydrazine groups is 1. The number of nitrogens with two attached hydrogens (primary N) is 1. The lowest BCUT2D eigenvalue weighted by Crippen LogP contribution is -2.30. The molecule has 2 aliphatic rings. The molecule has 2 aliphatic carbocycles.